The molecule has 0 saturated carbocycles. The van der Waals surface area contributed by atoms with Crippen LogP contribution in [-0.4, -0.2) is 40.3 Å². The van der Waals surface area contributed by atoms with E-state index in [0.717, 1.165) is 31.2 Å². The van der Waals surface area contributed by atoms with Crippen LogP contribution in [0.2, 0.25) is 0 Å². The average molecular weight is 477 g/mol. The summed E-state index contributed by atoms with van der Waals surface area (Å²) >= 11 is 0. The Labute approximate surface area is 185 Å². The first-order valence-electron chi connectivity index (χ1n) is 9.21. The molecule has 0 aliphatic carbocycles. The summed E-state index contributed by atoms with van der Waals surface area (Å²) in [6.45, 7) is 1.37. The molecule has 31 heavy (non-hydrogen) atoms. The van der Waals surface area contributed by atoms with Gasteiger partial charge in [-0.25, -0.2) is 21.6 Å². The van der Waals surface area contributed by atoms with Crippen LogP contribution in [0.1, 0.15) is 28.8 Å². The van der Waals surface area contributed by atoms with Crippen molar-refractivity contribution < 1.29 is 31.1 Å². The third-order valence-corrected chi connectivity index (χ3v) is 6.76. The Morgan fingerprint density at radius 3 is 2.61 bits per heavy atom. The molecular formula is C20H23F3N2O4S2. The SMILES string of the molecule is COc1ccc(S(=O)(=O)C[C@H]2CCNC2)cc1C(=O)Nc1ccc(F)c(C(F)F)c1.S. The number of hydrogen-bond donors (Lipinski definition) is 2. The molecule has 2 N–H and O–H groups in total. The van der Waals surface area contributed by atoms with E-state index in [4.69, 9.17) is 4.74 Å². The van der Waals surface area contributed by atoms with E-state index in [9.17, 15) is 26.4 Å². The first-order valence-corrected chi connectivity index (χ1v) is 10.9. The fourth-order valence-electron chi connectivity index (χ4n) is 3.31. The Balaban J connectivity index is 0.00000341. The van der Waals surface area contributed by atoms with Crippen LogP contribution in [0.3, 0.4) is 0 Å². The third-order valence-electron chi connectivity index (χ3n) is 4.88. The van der Waals surface area contributed by atoms with Crippen molar-refractivity contribution in [3.63, 3.8) is 0 Å². The number of alkyl halides is 2. The summed E-state index contributed by atoms with van der Waals surface area (Å²) in [4.78, 5) is 12.7. The normalized spacial score (nSPS) is 16.1. The summed E-state index contributed by atoms with van der Waals surface area (Å²) in [6.07, 6.45) is -2.30. The summed E-state index contributed by atoms with van der Waals surface area (Å²) < 4.78 is 69.9. The van der Waals surface area contributed by atoms with E-state index >= 15 is 0 Å². The predicted octanol–water partition coefficient (Wildman–Crippen LogP) is 3.52. The number of sulfone groups is 1. The quantitative estimate of drug-likeness (QED) is 0.639. The van der Waals surface area contributed by atoms with Gasteiger partial charge in [0, 0.05) is 5.69 Å². The maximum atomic E-state index is 13.5. The summed E-state index contributed by atoms with van der Waals surface area (Å²) in [5.41, 5.74) is -0.976. The van der Waals surface area contributed by atoms with Gasteiger partial charge in [-0.3, -0.25) is 4.79 Å². The highest BCUT2D eigenvalue weighted by molar-refractivity contribution is 7.91. The molecule has 0 spiro atoms. The third kappa shape index (κ3) is 5.92. The second-order valence-corrected chi connectivity index (χ2v) is 9.03. The molecule has 1 aliphatic rings. The lowest BCUT2D eigenvalue weighted by molar-refractivity contribution is 0.102. The van der Waals surface area contributed by atoms with Crippen LogP contribution >= 0.6 is 13.5 Å². The van der Waals surface area contributed by atoms with E-state index in [0.29, 0.717) is 6.54 Å². The lowest BCUT2D eigenvalue weighted by Gasteiger charge is -2.14. The van der Waals surface area contributed by atoms with Gasteiger partial charge in [-0.05, 0) is 61.8 Å². The molecule has 1 saturated heterocycles. The molecule has 0 aromatic heterocycles. The Morgan fingerprint density at radius 1 is 1.26 bits per heavy atom. The van der Waals surface area contributed by atoms with Gasteiger partial charge in [0.25, 0.3) is 12.3 Å². The first kappa shape index (κ1) is 25.0. The van der Waals surface area contributed by atoms with Crippen molar-refractivity contribution in [3.05, 3.63) is 53.3 Å². The molecule has 11 heteroatoms. The molecule has 2 aromatic rings. The minimum absolute atomic E-state index is 0. The predicted molar refractivity (Wildman–Crippen MR) is 116 cm³/mol. The summed E-state index contributed by atoms with van der Waals surface area (Å²) in [5, 5.41) is 5.49. The van der Waals surface area contributed by atoms with Crippen LogP contribution in [0.5, 0.6) is 5.75 Å². The van der Waals surface area contributed by atoms with Crippen molar-refractivity contribution in [2.75, 3.05) is 31.3 Å². The molecule has 1 amide bonds. The number of amides is 1. The highest BCUT2D eigenvalue weighted by Gasteiger charge is 2.26. The molecule has 170 valence electrons. The molecule has 1 atom stereocenters. The second kappa shape index (κ2) is 10.4. The minimum atomic E-state index is -3.65. The number of carbonyl (C=O) groups is 1. The van der Waals surface area contributed by atoms with Crippen LogP contribution in [-0.2, 0) is 9.84 Å². The first-order chi connectivity index (χ1) is 14.2. The summed E-state index contributed by atoms with van der Waals surface area (Å²) in [5.74, 6) is -1.80. The summed E-state index contributed by atoms with van der Waals surface area (Å²) in [6, 6.07) is 6.72. The van der Waals surface area contributed by atoms with Gasteiger partial charge < -0.3 is 15.4 Å². The maximum absolute atomic E-state index is 13.5. The number of rotatable bonds is 7. The number of benzene rings is 2. The van der Waals surface area contributed by atoms with Crippen molar-refractivity contribution in [2.24, 2.45) is 5.92 Å². The van der Waals surface area contributed by atoms with Gasteiger partial charge in [0.1, 0.15) is 11.6 Å². The molecule has 1 fully saturated rings. The number of anilines is 1. The van der Waals surface area contributed by atoms with E-state index in [1.165, 1.54) is 25.3 Å². The fourth-order valence-corrected chi connectivity index (χ4v) is 4.98. The zero-order valence-electron chi connectivity index (χ0n) is 16.6. The molecule has 0 unspecified atom stereocenters. The summed E-state index contributed by atoms with van der Waals surface area (Å²) in [7, 11) is -2.33. The number of hydrogen-bond acceptors (Lipinski definition) is 5. The van der Waals surface area contributed by atoms with Crippen LogP contribution in [0.25, 0.3) is 0 Å². The van der Waals surface area contributed by atoms with Gasteiger partial charge in [-0.1, -0.05) is 0 Å². The Morgan fingerprint density at radius 2 is 2.00 bits per heavy atom. The molecule has 2 aromatic carbocycles. The van der Waals surface area contributed by atoms with Crippen LogP contribution in [0.4, 0.5) is 18.9 Å². The van der Waals surface area contributed by atoms with Gasteiger partial charge in [0.2, 0.25) is 0 Å². The van der Waals surface area contributed by atoms with Crippen molar-refractivity contribution >= 4 is 34.9 Å². The lowest BCUT2D eigenvalue weighted by atomic mass is 10.1. The number of halogens is 3. The Hall–Kier alpha value is -2.24. The van der Waals surface area contributed by atoms with Crippen LogP contribution in [0, 0.1) is 11.7 Å². The minimum Gasteiger partial charge on any atom is -0.496 e. The number of carbonyl (C=O) groups excluding carboxylic acids is 1. The lowest BCUT2D eigenvalue weighted by Crippen LogP contribution is -2.20. The molecule has 0 bridgehead atoms. The molecule has 0 radical (unpaired) electrons. The molecule has 1 heterocycles. The van der Waals surface area contributed by atoms with E-state index in [-0.39, 0.29) is 47.1 Å². The van der Waals surface area contributed by atoms with Gasteiger partial charge >= 0.3 is 0 Å². The zero-order valence-corrected chi connectivity index (χ0v) is 18.4. The van der Waals surface area contributed by atoms with Crippen molar-refractivity contribution in [1.82, 2.24) is 5.32 Å². The Bertz CT molecular complexity index is 1040. The smallest absolute Gasteiger partial charge is 0.266 e. The van der Waals surface area contributed by atoms with E-state index in [1.807, 2.05) is 0 Å². The van der Waals surface area contributed by atoms with E-state index in [2.05, 4.69) is 10.6 Å². The van der Waals surface area contributed by atoms with Crippen LogP contribution in [0.15, 0.2) is 41.3 Å². The zero-order chi connectivity index (χ0) is 21.9. The molecule has 6 nitrogen and oxygen atoms in total. The highest BCUT2D eigenvalue weighted by atomic mass is 32.2. The van der Waals surface area contributed by atoms with Gasteiger partial charge in [-0.15, -0.1) is 0 Å². The Kier molecular flexibility index (Phi) is 8.38. The topological polar surface area (TPSA) is 84.5 Å². The average Bonchev–Trinajstić information content (AvgIpc) is 3.20. The fraction of sp³-hybridized carbons (Fsp3) is 0.350. The monoisotopic (exact) mass is 476 g/mol. The van der Waals surface area contributed by atoms with Crippen molar-refractivity contribution in [3.8, 4) is 5.75 Å². The van der Waals surface area contributed by atoms with E-state index < -0.39 is 33.6 Å². The standard InChI is InChI=1S/C20H21F3N2O4S.H2S/c1-29-18-5-3-14(30(27,28)11-12-6-7-24-10-12)9-16(18)20(26)25-13-2-4-17(21)15(8-13)19(22)23;/h2-5,8-9,12,19,24H,6-7,10-11H2,1H3,(H,25,26);1H2/t12-;/m0./s1. The van der Waals surface area contributed by atoms with Gasteiger partial charge in [-0.2, -0.15) is 13.5 Å². The molecular weight excluding hydrogens is 453 g/mol. The second-order valence-electron chi connectivity index (χ2n) is 6.99. The molecule has 1 aliphatic heterocycles. The largest absolute Gasteiger partial charge is 0.496 e. The molecule has 3 rings (SSSR count). The van der Waals surface area contributed by atoms with E-state index in [1.54, 1.807) is 0 Å². The number of ether oxygens (including phenoxy) is 1. The number of nitrogens with one attached hydrogen (secondary N) is 2. The highest BCUT2D eigenvalue weighted by Crippen LogP contribution is 2.28. The van der Waals surface area contributed by atoms with Gasteiger partial charge in [0.05, 0.1) is 28.9 Å². The van der Waals surface area contributed by atoms with Crippen molar-refractivity contribution in [2.45, 2.75) is 17.7 Å². The number of methoxy groups -OCH3 is 1. The maximum Gasteiger partial charge on any atom is 0.266 e. The van der Waals surface area contributed by atoms with Crippen LogP contribution < -0.4 is 15.4 Å². The van der Waals surface area contributed by atoms with Crippen molar-refractivity contribution in [1.29, 1.82) is 0 Å². The van der Waals surface area contributed by atoms with Gasteiger partial charge in [0.15, 0.2) is 9.84 Å².